The molecule has 1 amide bonds. The lowest BCUT2D eigenvalue weighted by Crippen LogP contribution is -2.26. The lowest BCUT2D eigenvalue weighted by atomic mass is 10.0. The van der Waals surface area contributed by atoms with E-state index in [1.165, 1.54) is 5.56 Å². The number of amides is 1. The van der Waals surface area contributed by atoms with E-state index in [9.17, 15) is 4.79 Å². The van der Waals surface area contributed by atoms with E-state index in [4.69, 9.17) is 24.2 Å². The van der Waals surface area contributed by atoms with Gasteiger partial charge in [0.15, 0.2) is 0 Å². The average Bonchev–Trinajstić information content (AvgIpc) is 3.34. The second kappa shape index (κ2) is 10.2. The van der Waals surface area contributed by atoms with Crippen LogP contribution < -0.4 is 20.1 Å². The Kier molecular flexibility index (Phi) is 6.73. The number of methoxy groups -OCH3 is 1. The summed E-state index contributed by atoms with van der Waals surface area (Å²) in [6.07, 6.45) is 3.54. The highest BCUT2D eigenvalue weighted by atomic mass is 16.5. The number of carbonyl (C=O) groups excluding carboxylic acids is 1. The first kappa shape index (κ1) is 23.6. The van der Waals surface area contributed by atoms with Crippen LogP contribution in [0.4, 0.5) is 11.6 Å². The third kappa shape index (κ3) is 4.83. The molecule has 1 aliphatic rings. The van der Waals surface area contributed by atoms with Crippen molar-refractivity contribution in [2.45, 2.75) is 25.9 Å². The number of ether oxygens (including phenoxy) is 3. The Balaban J connectivity index is 1.55. The molecule has 1 aliphatic heterocycles. The van der Waals surface area contributed by atoms with E-state index in [0.29, 0.717) is 47.7 Å². The zero-order chi connectivity index (χ0) is 25.1. The van der Waals surface area contributed by atoms with E-state index in [2.05, 4.69) is 46.8 Å². The molecule has 9 heteroatoms. The summed E-state index contributed by atoms with van der Waals surface area (Å²) in [4.78, 5) is 24.8. The van der Waals surface area contributed by atoms with Gasteiger partial charge < -0.3 is 29.8 Å². The van der Waals surface area contributed by atoms with E-state index < -0.39 is 0 Å². The minimum absolute atomic E-state index is 0.00634. The number of anilines is 2. The standard InChI is InChI=1S/C27H29N5O4/c1-16-4-6-17(7-5-16)20-15-29-24-23(20)26(36-19-10-12-35-13-11-19)32-27(31-24)30-21-9-8-18(25(33)28-2)14-22(21)34-3/h4-9,14-15,19H,10-13H2,1-3H3,(H,28,33)(H2,29,30,31,32). The first-order valence-corrected chi connectivity index (χ1v) is 11.9. The van der Waals surface area contributed by atoms with Crippen molar-refractivity contribution in [2.24, 2.45) is 0 Å². The van der Waals surface area contributed by atoms with Crippen LogP contribution in [-0.4, -0.2) is 54.3 Å². The quantitative estimate of drug-likeness (QED) is 0.349. The summed E-state index contributed by atoms with van der Waals surface area (Å²) in [6.45, 7) is 3.39. The molecule has 0 unspecified atom stereocenters. The van der Waals surface area contributed by atoms with Gasteiger partial charge in [0.2, 0.25) is 11.8 Å². The highest BCUT2D eigenvalue weighted by Crippen LogP contribution is 2.37. The number of carbonyl (C=O) groups is 1. The van der Waals surface area contributed by atoms with Crippen molar-refractivity contribution in [1.29, 1.82) is 0 Å². The Hall–Kier alpha value is -4.11. The fourth-order valence-corrected chi connectivity index (χ4v) is 4.25. The second-order valence-electron chi connectivity index (χ2n) is 8.69. The van der Waals surface area contributed by atoms with Gasteiger partial charge in [0, 0.05) is 37.2 Å². The number of rotatable bonds is 7. The lowest BCUT2D eigenvalue weighted by Gasteiger charge is -2.23. The number of hydrogen-bond acceptors (Lipinski definition) is 7. The number of benzene rings is 2. The van der Waals surface area contributed by atoms with E-state index in [-0.39, 0.29) is 12.0 Å². The number of aryl methyl sites for hydroxylation is 1. The minimum atomic E-state index is -0.195. The van der Waals surface area contributed by atoms with Crippen LogP contribution in [0.2, 0.25) is 0 Å². The smallest absolute Gasteiger partial charge is 0.251 e. The Morgan fingerprint density at radius 1 is 1.11 bits per heavy atom. The molecule has 9 nitrogen and oxygen atoms in total. The Labute approximate surface area is 209 Å². The van der Waals surface area contributed by atoms with Gasteiger partial charge in [-0.2, -0.15) is 9.97 Å². The molecule has 0 aliphatic carbocycles. The molecule has 1 fully saturated rings. The number of fused-ring (bicyclic) bond motifs is 1. The van der Waals surface area contributed by atoms with Crippen LogP contribution in [0, 0.1) is 6.92 Å². The third-order valence-corrected chi connectivity index (χ3v) is 6.24. The van der Waals surface area contributed by atoms with Crippen LogP contribution in [0.25, 0.3) is 22.2 Å². The van der Waals surface area contributed by atoms with Gasteiger partial charge in [0.05, 0.1) is 31.4 Å². The van der Waals surface area contributed by atoms with Crippen molar-refractivity contribution in [1.82, 2.24) is 20.3 Å². The molecule has 36 heavy (non-hydrogen) atoms. The maximum Gasteiger partial charge on any atom is 0.251 e. The fraction of sp³-hybridized carbons (Fsp3) is 0.296. The Bertz CT molecular complexity index is 1380. The summed E-state index contributed by atoms with van der Waals surface area (Å²) in [6, 6.07) is 13.5. The highest BCUT2D eigenvalue weighted by Gasteiger charge is 2.22. The van der Waals surface area contributed by atoms with Crippen LogP contribution in [0.5, 0.6) is 11.6 Å². The summed E-state index contributed by atoms with van der Waals surface area (Å²) >= 11 is 0. The van der Waals surface area contributed by atoms with Gasteiger partial charge in [-0.05, 0) is 30.7 Å². The maximum atomic E-state index is 12.0. The summed E-state index contributed by atoms with van der Waals surface area (Å²) < 4.78 is 17.5. The van der Waals surface area contributed by atoms with Crippen LogP contribution in [0.1, 0.15) is 28.8 Å². The summed E-state index contributed by atoms with van der Waals surface area (Å²) in [5.41, 5.74) is 5.01. The number of nitrogens with one attached hydrogen (secondary N) is 3. The van der Waals surface area contributed by atoms with E-state index >= 15 is 0 Å². The summed E-state index contributed by atoms with van der Waals surface area (Å²) in [5, 5.41) is 6.68. The van der Waals surface area contributed by atoms with Crippen molar-refractivity contribution >= 4 is 28.6 Å². The molecule has 5 rings (SSSR count). The number of hydrogen-bond donors (Lipinski definition) is 3. The van der Waals surface area contributed by atoms with E-state index in [0.717, 1.165) is 29.4 Å². The summed E-state index contributed by atoms with van der Waals surface area (Å²) in [7, 11) is 3.14. The van der Waals surface area contributed by atoms with E-state index in [1.807, 2.05) is 6.20 Å². The average molecular weight is 488 g/mol. The number of aromatic nitrogens is 3. The van der Waals surface area contributed by atoms with Gasteiger partial charge in [-0.15, -0.1) is 0 Å². The number of nitrogens with zero attached hydrogens (tertiary/aromatic N) is 2. The van der Waals surface area contributed by atoms with Crippen molar-refractivity contribution in [3.8, 4) is 22.8 Å². The number of aromatic amines is 1. The molecule has 0 bridgehead atoms. The van der Waals surface area contributed by atoms with Crippen LogP contribution in [0.3, 0.4) is 0 Å². The van der Waals surface area contributed by atoms with Crippen molar-refractivity contribution in [3.63, 3.8) is 0 Å². The normalized spacial score (nSPS) is 14.0. The molecule has 0 saturated carbocycles. The first-order valence-electron chi connectivity index (χ1n) is 11.9. The fourth-order valence-electron chi connectivity index (χ4n) is 4.25. The molecule has 4 aromatic rings. The minimum Gasteiger partial charge on any atom is -0.495 e. The van der Waals surface area contributed by atoms with Gasteiger partial charge in [0.1, 0.15) is 17.5 Å². The van der Waals surface area contributed by atoms with Crippen molar-refractivity contribution in [3.05, 3.63) is 59.8 Å². The van der Waals surface area contributed by atoms with Gasteiger partial charge >= 0.3 is 0 Å². The molecule has 0 atom stereocenters. The zero-order valence-electron chi connectivity index (χ0n) is 20.6. The molecular weight excluding hydrogens is 458 g/mol. The molecule has 186 valence electrons. The molecule has 0 radical (unpaired) electrons. The lowest BCUT2D eigenvalue weighted by molar-refractivity contribution is 0.0244. The highest BCUT2D eigenvalue weighted by molar-refractivity contribution is 5.98. The second-order valence-corrected chi connectivity index (χ2v) is 8.69. The number of H-pyrrole nitrogens is 1. The maximum absolute atomic E-state index is 12.0. The topological polar surface area (TPSA) is 110 Å². The van der Waals surface area contributed by atoms with Gasteiger partial charge in [-0.3, -0.25) is 4.79 Å². The van der Waals surface area contributed by atoms with Crippen molar-refractivity contribution in [2.75, 3.05) is 32.7 Å². The first-order chi connectivity index (χ1) is 17.6. The SMILES string of the molecule is CNC(=O)c1ccc(Nc2nc(OC3CCOCC3)c3c(-c4ccc(C)cc4)c[nH]c3n2)c(OC)c1. The predicted molar refractivity (Wildman–Crippen MR) is 138 cm³/mol. The van der Waals surface area contributed by atoms with Gasteiger partial charge in [0.25, 0.3) is 5.91 Å². The molecule has 1 saturated heterocycles. The predicted octanol–water partition coefficient (Wildman–Crippen LogP) is 4.60. The molecule has 2 aromatic heterocycles. The third-order valence-electron chi connectivity index (χ3n) is 6.24. The van der Waals surface area contributed by atoms with Gasteiger partial charge in [-0.1, -0.05) is 29.8 Å². The van der Waals surface area contributed by atoms with Gasteiger partial charge in [-0.25, -0.2) is 0 Å². The summed E-state index contributed by atoms with van der Waals surface area (Å²) in [5.74, 6) is 1.17. The zero-order valence-corrected chi connectivity index (χ0v) is 20.6. The molecular formula is C27H29N5O4. The Morgan fingerprint density at radius 2 is 1.89 bits per heavy atom. The molecule has 3 heterocycles. The van der Waals surface area contributed by atoms with E-state index in [1.54, 1.807) is 32.4 Å². The van der Waals surface area contributed by atoms with Crippen molar-refractivity contribution < 1.29 is 19.0 Å². The largest absolute Gasteiger partial charge is 0.495 e. The van der Waals surface area contributed by atoms with Crippen LogP contribution >= 0.6 is 0 Å². The molecule has 2 aromatic carbocycles. The monoisotopic (exact) mass is 487 g/mol. The Morgan fingerprint density at radius 3 is 2.61 bits per heavy atom. The molecule has 3 N–H and O–H groups in total. The molecule has 0 spiro atoms. The van der Waals surface area contributed by atoms with Crippen LogP contribution in [0.15, 0.2) is 48.7 Å². The van der Waals surface area contributed by atoms with Crippen LogP contribution in [-0.2, 0) is 4.74 Å².